The average Bonchev–Trinajstić information content (AvgIpc) is 2.70. The second kappa shape index (κ2) is 9.86. The fourth-order valence-corrected chi connectivity index (χ4v) is 2.94. The van der Waals surface area contributed by atoms with Gasteiger partial charge in [0.1, 0.15) is 11.5 Å². The summed E-state index contributed by atoms with van der Waals surface area (Å²) in [5.74, 6) is 0.834. The van der Waals surface area contributed by atoms with Gasteiger partial charge in [-0.25, -0.2) is 0 Å². The fourth-order valence-electron chi connectivity index (χ4n) is 2.60. The third-order valence-corrected chi connectivity index (χ3v) is 4.45. The molecule has 3 aromatic rings. The maximum Gasteiger partial charge on any atom is 0.275 e. The average molecular weight is 428 g/mol. The van der Waals surface area contributed by atoms with Crippen LogP contribution in [0.1, 0.15) is 5.56 Å². The van der Waals surface area contributed by atoms with E-state index in [1.807, 2.05) is 30.3 Å². The van der Waals surface area contributed by atoms with E-state index in [0.29, 0.717) is 33.9 Å². The zero-order valence-corrected chi connectivity index (χ0v) is 16.9. The second-order valence-electron chi connectivity index (χ2n) is 6.15. The Morgan fingerprint density at radius 2 is 1.76 bits per heavy atom. The van der Waals surface area contributed by atoms with E-state index in [2.05, 4.69) is 10.6 Å². The number of rotatable bonds is 7. The Morgan fingerprint density at radius 3 is 2.45 bits per heavy atom. The van der Waals surface area contributed by atoms with E-state index in [4.69, 9.17) is 28.6 Å². The Bertz CT molecular complexity index is 998. The smallest absolute Gasteiger partial charge is 0.275 e. The highest BCUT2D eigenvalue weighted by molar-refractivity contribution is 7.80. The van der Waals surface area contributed by atoms with Gasteiger partial charge in [0.05, 0.1) is 16.7 Å². The molecular weight excluding hydrogens is 410 g/mol. The van der Waals surface area contributed by atoms with Crippen LogP contribution >= 0.6 is 23.8 Å². The number of thiocarbonyl (C=S) groups is 1. The molecule has 0 bridgehead atoms. The first-order valence-corrected chi connectivity index (χ1v) is 9.60. The molecular formula is C21H18ClN3O3S. The number of nitrogens with one attached hydrogen (secondary N) is 2. The number of halogens is 1. The molecule has 0 aliphatic carbocycles. The van der Waals surface area contributed by atoms with E-state index in [1.165, 1.54) is 17.7 Å². The van der Waals surface area contributed by atoms with Gasteiger partial charge in [0.25, 0.3) is 5.69 Å². The minimum absolute atomic E-state index is 0.106. The molecule has 0 unspecified atom stereocenters. The molecule has 0 heterocycles. The normalized spacial score (nSPS) is 10.2. The van der Waals surface area contributed by atoms with Crippen molar-refractivity contribution in [1.29, 1.82) is 0 Å². The molecule has 0 radical (unpaired) electrons. The molecule has 3 rings (SSSR count). The summed E-state index contributed by atoms with van der Waals surface area (Å²) in [7, 11) is 0. The molecule has 0 saturated heterocycles. The molecule has 0 fully saturated rings. The van der Waals surface area contributed by atoms with Crippen molar-refractivity contribution in [2.45, 2.75) is 6.42 Å². The molecule has 0 saturated carbocycles. The summed E-state index contributed by atoms with van der Waals surface area (Å²) in [4.78, 5) is 10.8. The number of ether oxygens (including phenoxy) is 1. The predicted octanol–water partition coefficient (Wildman–Crippen LogP) is 5.57. The Balaban J connectivity index is 1.65. The highest BCUT2D eigenvalue weighted by Crippen LogP contribution is 2.30. The molecule has 0 aliphatic heterocycles. The first kappa shape index (κ1) is 20.6. The predicted molar refractivity (Wildman–Crippen MR) is 119 cm³/mol. The number of nitro groups is 1. The lowest BCUT2D eigenvalue weighted by atomic mass is 10.1. The van der Waals surface area contributed by atoms with Crippen molar-refractivity contribution in [3.8, 4) is 11.5 Å². The van der Waals surface area contributed by atoms with Gasteiger partial charge in [-0.3, -0.25) is 10.1 Å². The largest absolute Gasteiger partial charge is 0.457 e. The van der Waals surface area contributed by atoms with Crippen molar-refractivity contribution in [3.05, 3.63) is 93.5 Å². The number of hydrogen-bond acceptors (Lipinski definition) is 4. The van der Waals surface area contributed by atoms with E-state index in [1.54, 1.807) is 30.3 Å². The molecule has 0 amide bonds. The van der Waals surface area contributed by atoms with Crippen molar-refractivity contribution in [1.82, 2.24) is 5.32 Å². The second-order valence-corrected chi connectivity index (χ2v) is 6.99. The number of nitrogens with zero attached hydrogens (tertiary/aromatic N) is 1. The molecule has 0 atom stereocenters. The topological polar surface area (TPSA) is 76.4 Å². The monoisotopic (exact) mass is 427 g/mol. The van der Waals surface area contributed by atoms with Gasteiger partial charge < -0.3 is 15.4 Å². The summed E-state index contributed by atoms with van der Waals surface area (Å²) < 4.78 is 5.72. The van der Waals surface area contributed by atoms with Crippen molar-refractivity contribution < 1.29 is 9.66 Å². The van der Waals surface area contributed by atoms with E-state index in [9.17, 15) is 10.1 Å². The van der Waals surface area contributed by atoms with Crippen LogP contribution in [0.3, 0.4) is 0 Å². The first-order chi connectivity index (χ1) is 14.0. The summed E-state index contributed by atoms with van der Waals surface area (Å²) in [5.41, 5.74) is 1.54. The molecule has 29 heavy (non-hydrogen) atoms. The van der Waals surface area contributed by atoms with Crippen LogP contribution in [0.15, 0.2) is 72.8 Å². The number of nitro benzene ring substituents is 1. The van der Waals surface area contributed by atoms with Crippen LogP contribution < -0.4 is 15.4 Å². The minimum Gasteiger partial charge on any atom is -0.457 e. The van der Waals surface area contributed by atoms with Crippen LogP contribution in [0.2, 0.25) is 5.02 Å². The Labute approximate surface area is 178 Å². The zero-order chi connectivity index (χ0) is 20.6. The van der Waals surface area contributed by atoms with E-state index in [-0.39, 0.29) is 5.69 Å². The SMILES string of the molecule is O=[N+]([O-])c1cc(NC(=S)NCCc2ccccc2)cc(Oc2ccc(Cl)cc2)c1. The molecule has 148 valence electrons. The van der Waals surface area contributed by atoms with E-state index < -0.39 is 4.92 Å². The lowest BCUT2D eigenvalue weighted by Gasteiger charge is -2.12. The highest BCUT2D eigenvalue weighted by Gasteiger charge is 2.12. The molecule has 3 aromatic carbocycles. The van der Waals surface area contributed by atoms with Crippen LogP contribution in [0.25, 0.3) is 0 Å². The van der Waals surface area contributed by atoms with Gasteiger partial charge in [0.15, 0.2) is 5.11 Å². The van der Waals surface area contributed by atoms with Crippen molar-refractivity contribution in [2.75, 3.05) is 11.9 Å². The van der Waals surface area contributed by atoms with E-state index in [0.717, 1.165) is 6.42 Å². The lowest BCUT2D eigenvalue weighted by Crippen LogP contribution is -2.30. The van der Waals surface area contributed by atoms with Gasteiger partial charge in [0.2, 0.25) is 0 Å². The summed E-state index contributed by atoms with van der Waals surface area (Å²) in [6.07, 6.45) is 0.808. The van der Waals surface area contributed by atoms with Crippen molar-refractivity contribution >= 4 is 40.3 Å². The third kappa shape index (κ3) is 6.44. The Hall–Kier alpha value is -3.16. The van der Waals surface area contributed by atoms with Gasteiger partial charge in [-0.05, 0) is 48.5 Å². The van der Waals surface area contributed by atoms with Crippen LogP contribution in [-0.2, 0) is 6.42 Å². The third-order valence-electron chi connectivity index (χ3n) is 3.95. The maximum absolute atomic E-state index is 11.3. The number of non-ortho nitro benzene ring substituents is 1. The van der Waals surface area contributed by atoms with Gasteiger partial charge >= 0.3 is 0 Å². The molecule has 8 heteroatoms. The van der Waals surface area contributed by atoms with Crippen LogP contribution in [-0.4, -0.2) is 16.6 Å². The van der Waals surface area contributed by atoms with Gasteiger partial charge in [0, 0.05) is 23.7 Å². The molecule has 0 aromatic heterocycles. The molecule has 0 spiro atoms. The Morgan fingerprint density at radius 1 is 1.03 bits per heavy atom. The summed E-state index contributed by atoms with van der Waals surface area (Å²) in [6.45, 7) is 0.638. The molecule has 2 N–H and O–H groups in total. The Kier molecular flexibility index (Phi) is 6.99. The van der Waals surface area contributed by atoms with Crippen LogP contribution in [0.4, 0.5) is 11.4 Å². The number of anilines is 1. The fraction of sp³-hybridized carbons (Fsp3) is 0.0952. The van der Waals surface area contributed by atoms with Crippen LogP contribution in [0.5, 0.6) is 11.5 Å². The quantitative estimate of drug-likeness (QED) is 0.291. The maximum atomic E-state index is 11.3. The summed E-state index contributed by atoms with van der Waals surface area (Å²) >= 11 is 11.2. The molecule has 0 aliphatic rings. The first-order valence-electron chi connectivity index (χ1n) is 8.81. The standard InChI is InChI=1S/C21H18ClN3O3S/c22-16-6-8-19(9-7-16)28-20-13-17(12-18(14-20)25(26)27)24-21(29)23-11-10-15-4-2-1-3-5-15/h1-9,12-14H,10-11H2,(H2,23,24,29). The lowest BCUT2D eigenvalue weighted by molar-refractivity contribution is -0.384. The summed E-state index contributed by atoms with van der Waals surface area (Å²) in [6, 6.07) is 21.1. The van der Waals surface area contributed by atoms with Gasteiger partial charge in [-0.1, -0.05) is 41.9 Å². The molecule has 6 nitrogen and oxygen atoms in total. The minimum atomic E-state index is -0.480. The van der Waals surface area contributed by atoms with Crippen LogP contribution in [0, 0.1) is 10.1 Å². The van der Waals surface area contributed by atoms with E-state index >= 15 is 0 Å². The summed E-state index contributed by atoms with van der Waals surface area (Å²) in [5, 5.41) is 18.3. The number of hydrogen-bond donors (Lipinski definition) is 2. The van der Waals surface area contributed by atoms with Crippen molar-refractivity contribution in [3.63, 3.8) is 0 Å². The zero-order valence-electron chi connectivity index (χ0n) is 15.3. The van der Waals surface area contributed by atoms with Gasteiger partial charge in [-0.2, -0.15) is 0 Å². The van der Waals surface area contributed by atoms with Gasteiger partial charge in [-0.15, -0.1) is 0 Å². The van der Waals surface area contributed by atoms with Crippen molar-refractivity contribution in [2.24, 2.45) is 0 Å². The number of benzene rings is 3. The highest BCUT2D eigenvalue weighted by atomic mass is 35.5.